The van der Waals surface area contributed by atoms with Crippen molar-refractivity contribution in [2.75, 3.05) is 26.2 Å². The number of ether oxygens (including phenoxy) is 1. The number of amides is 1. The number of esters is 1. The molecule has 0 N–H and O–H groups in total. The molecule has 2 aromatic rings. The van der Waals surface area contributed by atoms with Crippen LogP contribution < -0.4 is 0 Å². The largest absolute Gasteiger partial charge is 0.456 e. The maximum Gasteiger partial charge on any atom is 0.336 e. The average molecular weight is 438 g/mol. The van der Waals surface area contributed by atoms with Crippen LogP contribution in [0.1, 0.15) is 38.7 Å². The second-order valence-electron chi connectivity index (χ2n) is 8.89. The maximum absolute atomic E-state index is 13.4. The zero-order valence-corrected chi connectivity index (χ0v) is 18.3. The van der Waals surface area contributed by atoms with Crippen molar-refractivity contribution in [1.82, 2.24) is 40.0 Å². The predicted octanol–water partition coefficient (Wildman–Crippen LogP) is 0.529. The second-order valence-corrected chi connectivity index (χ2v) is 8.89. The van der Waals surface area contributed by atoms with E-state index in [-0.39, 0.29) is 29.9 Å². The van der Waals surface area contributed by atoms with Gasteiger partial charge in [0.05, 0.1) is 16.7 Å². The van der Waals surface area contributed by atoms with Gasteiger partial charge in [0.25, 0.3) is 5.95 Å². The van der Waals surface area contributed by atoms with Gasteiger partial charge in [0.2, 0.25) is 5.91 Å². The Bertz CT molecular complexity index is 1040. The van der Waals surface area contributed by atoms with E-state index in [0.717, 1.165) is 56.6 Å². The van der Waals surface area contributed by atoms with Crippen molar-refractivity contribution in [2.24, 2.45) is 5.41 Å². The molecule has 1 spiro atoms. The maximum atomic E-state index is 13.4. The van der Waals surface area contributed by atoms with Crippen LogP contribution in [0.4, 0.5) is 0 Å². The lowest BCUT2D eigenvalue weighted by Crippen LogP contribution is -2.45. The molecule has 3 aliphatic rings. The standard InChI is InChI=1S/C21H26N8O3/c1-14-9-21(19(31)29(14)17-12-32-18(30)15(17)2)4-7-27(8-5-21)6-3-16-10-22-20(23-11-16)28-13-24-25-26-28/h10-11,13-14H,3-9,12H2,1-2H3. The molecule has 5 rings (SSSR count). The number of carbonyl (C=O) groups excluding carboxylic acids is 2. The van der Waals surface area contributed by atoms with Gasteiger partial charge in [-0.15, -0.1) is 5.10 Å². The highest BCUT2D eigenvalue weighted by atomic mass is 16.5. The summed E-state index contributed by atoms with van der Waals surface area (Å²) in [6, 6.07) is 0.0874. The molecule has 1 unspecified atom stereocenters. The Kier molecular flexibility index (Phi) is 5.20. The number of hydrogen-bond donors (Lipinski definition) is 0. The van der Waals surface area contributed by atoms with E-state index in [1.165, 1.54) is 11.0 Å². The molecule has 0 aromatic carbocycles. The predicted molar refractivity (Wildman–Crippen MR) is 111 cm³/mol. The molecule has 0 aliphatic carbocycles. The topological polar surface area (TPSA) is 119 Å². The van der Waals surface area contributed by atoms with E-state index in [1.807, 2.05) is 4.90 Å². The van der Waals surface area contributed by atoms with Crippen molar-refractivity contribution in [3.05, 3.63) is 35.6 Å². The van der Waals surface area contributed by atoms with Crippen LogP contribution in [0, 0.1) is 5.41 Å². The summed E-state index contributed by atoms with van der Waals surface area (Å²) in [5.74, 6) is 0.284. The highest BCUT2D eigenvalue weighted by Crippen LogP contribution is 2.46. The van der Waals surface area contributed by atoms with Crippen molar-refractivity contribution >= 4 is 11.9 Å². The molecular weight excluding hydrogens is 412 g/mol. The van der Waals surface area contributed by atoms with Crippen molar-refractivity contribution in [3.63, 3.8) is 0 Å². The fourth-order valence-electron chi connectivity index (χ4n) is 5.06. The number of carbonyl (C=O) groups is 2. The number of tetrazole rings is 1. The van der Waals surface area contributed by atoms with E-state index < -0.39 is 0 Å². The number of cyclic esters (lactones) is 1. The third kappa shape index (κ3) is 3.56. The van der Waals surface area contributed by atoms with Crippen LogP contribution in [0.3, 0.4) is 0 Å². The van der Waals surface area contributed by atoms with Crippen LogP contribution in [-0.2, 0) is 20.7 Å². The monoisotopic (exact) mass is 438 g/mol. The third-order valence-corrected chi connectivity index (χ3v) is 6.94. The van der Waals surface area contributed by atoms with Crippen molar-refractivity contribution in [3.8, 4) is 5.95 Å². The first-order valence-electron chi connectivity index (χ1n) is 10.9. The molecular formula is C21H26N8O3. The molecule has 1 atom stereocenters. The van der Waals surface area contributed by atoms with Gasteiger partial charge in [-0.1, -0.05) is 0 Å². The van der Waals surface area contributed by atoms with Gasteiger partial charge in [-0.2, -0.15) is 4.68 Å². The molecule has 32 heavy (non-hydrogen) atoms. The summed E-state index contributed by atoms with van der Waals surface area (Å²) in [6.07, 6.45) is 8.40. The number of aromatic nitrogens is 6. The highest BCUT2D eigenvalue weighted by Gasteiger charge is 2.53. The Morgan fingerprint density at radius 2 is 1.94 bits per heavy atom. The summed E-state index contributed by atoms with van der Waals surface area (Å²) in [6.45, 7) is 6.67. The quantitative estimate of drug-likeness (QED) is 0.616. The molecule has 3 aliphatic heterocycles. The molecule has 1 amide bonds. The van der Waals surface area contributed by atoms with Crippen LogP contribution in [0.15, 0.2) is 30.0 Å². The summed E-state index contributed by atoms with van der Waals surface area (Å²) in [5, 5.41) is 11.0. The zero-order chi connectivity index (χ0) is 22.3. The first kappa shape index (κ1) is 20.7. The minimum Gasteiger partial charge on any atom is -0.456 e. The Morgan fingerprint density at radius 3 is 2.56 bits per heavy atom. The lowest BCUT2D eigenvalue weighted by atomic mass is 9.76. The molecule has 168 valence electrons. The van der Waals surface area contributed by atoms with Crippen LogP contribution in [0.2, 0.25) is 0 Å². The Morgan fingerprint density at radius 1 is 1.19 bits per heavy atom. The van der Waals surface area contributed by atoms with Gasteiger partial charge < -0.3 is 14.5 Å². The lowest BCUT2D eigenvalue weighted by Gasteiger charge is -2.38. The molecule has 2 aromatic heterocycles. The minimum absolute atomic E-state index is 0.0874. The van der Waals surface area contributed by atoms with E-state index in [0.29, 0.717) is 11.5 Å². The molecule has 11 heteroatoms. The molecule has 0 bridgehead atoms. The molecule has 0 saturated carbocycles. The van der Waals surface area contributed by atoms with E-state index in [4.69, 9.17) is 4.74 Å². The molecule has 5 heterocycles. The smallest absolute Gasteiger partial charge is 0.336 e. The summed E-state index contributed by atoms with van der Waals surface area (Å²) >= 11 is 0. The van der Waals surface area contributed by atoms with Crippen LogP contribution in [0.25, 0.3) is 5.95 Å². The van der Waals surface area contributed by atoms with Crippen molar-refractivity contribution < 1.29 is 14.3 Å². The van der Waals surface area contributed by atoms with Gasteiger partial charge in [-0.25, -0.2) is 14.8 Å². The van der Waals surface area contributed by atoms with Crippen molar-refractivity contribution in [2.45, 2.75) is 45.6 Å². The normalized spacial score (nSPS) is 23.4. The van der Waals surface area contributed by atoms with Gasteiger partial charge >= 0.3 is 5.97 Å². The minimum atomic E-state index is -0.328. The van der Waals surface area contributed by atoms with Gasteiger partial charge in [0.1, 0.15) is 12.9 Å². The highest BCUT2D eigenvalue weighted by molar-refractivity contribution is 5.94. The number of likely N-dealkylation sites (tertiary alicyclic amines) is 2. The summed E-state index contributed by atoms with van der Waals surface area (Å²) in [4.78, 5) is 38.1. The molecule has 2 fully saturated rings. The fourth-order valence-corrected chi connectivity index (χ4v) is 5.06. The van der Waals surface area contributed by atoms with Gasteiger partial charge in [-0.3, -0.25) is 4.79 Å². The van der Waals surface area contributed by atoms with Crippen LogP contribution in [0.5, 0.6) is 0 Å². The summed E-state index contributed by atoms with van der Waals surface area (Å²) < 4.78 is 6.56. The van der Waals surface area contributed by atoms with E-state index in [2.05, 4.69) is 37.3 Å². The van der Waals surface area contributed by atoms with Crippen LogP contribution in [-0.4, -0.2) is 84.1 Å². The first-order valence-corrected chi connectivity index (χ1v) is 10.9. The summed E-state index contributed by atoms with van der Waals surface area (Å²) in [5.41, 5.74) is 2.03. The first-order chi connectivity index (χ1) is 15.5. The zero-order valence-electron chi connectivity index (χ0n) is 18.3. The third-order valence-electron chi connectivity index (χ3n) is 6.94. The number of nitrogens with zero attached hydrogens (tertiary/aromatic N) is 8. The molecule has 0 radical (unpaired) electrons. The van der Waals surface area contributed by atoms with Gasteiger partial charge in [0.15, 0.2) is 0 Å². The second kappa shape index (κ2) is 8.05. The summed E-state index contributed by atoms with van der Waals surface area (Å²) in [7, 11) is 0. The number of piperidine rings is 1. The average Bonchev–Trinajstić information content (AvgIpc) is 3.50. The Balaban J connectivity index is 1.17. The van der Waals surface area contributed by atoms with E-state index in [1.54, 1.807) is 19.3 Å². The fraction of sp³-hybridized carbons (Fsp3) is 0.571. The van der Waals surface area contributed by atoms with E-state index in [9.17, 15) is 9.59 Å². The molecule has 11 nitrogen and oxygen atoms in total. The van der Waals surface area contributed by atoms with E-state index >= 15 is 0 Å². The Labute approximate surface area is 185 Å². The van der Waals surface area contributed by atoms with Crippen molar-refractivity contribution in [1.29, 1.82) is 0 Å². The number of hydrogen-bond acceptors (Lipinski definition) is 9. The number of rotatable bonds is 5. The lowest BCUT2D eigenvalue weighted by molar-refractivity contribution is -0.139. The van der Waals surface area contributed by atoms with Crippen LogP contribution >= 0.6 is 0 Å². The SMILES string of the molecule is CC1=C(N2C(=O)C3(CCN(CCc4cnc(-n5cnnn5)nc4)CC3)CC2C)COC1=O. The Hall–Kier alpha value is -3.21. The molecule has 2 saturated heterocycles. The van der Waals surface area contributed by atoms with Gasteiger partial charge in [0, 0.05) is 25.0 Å². The van der Waals surface area contributed by atoms with Gasteiger partial charge in [-0.05, 0) is 68.6 Å².